The average Bonchev–Trinajstić information content (AvgIpc) is 1.65. The van der Waals surface area contributed by atoms with Crippen molar-refractivity contribution in [2.75, 3.05) is 14.1 Å². The van der Waals surface area contributed by atoms with Crippen molar-refractivity contribution in [2.45, 2.75) is 0 Å². The molecule has 0 heterocycles. The van der Waals surface area contributed by atoms with Crippen LogP contribution in [-0.2, 0) is 4.79 Å². The molecule has 0 aromatic heterocycles. The fourth-order valence-corrected chi connectivity index (χ4v) is 0. The fourth-order valence-electron chi connectivity index (χ4n) is 0. The van der Waals surface area contributed by atoms with E-state index in [4.69, 9.17) is 33.7 Å². The quantitative estimate of drug-likeness (QED) is 0.481. The highest BCUT2D eigenvalue weighted by molar-refractivity contribution is 8.20. The second kappa shape index (κ2) is 8.77. The number of amides is 1. The van der Waals surface area contributed by atoms with Gasteiger partial charge in [0.25, 0.3) is 0 Å². The van der Waals surface area contributed by atoms with Crippen molar-refractivity contribution >= 4 is 46.1 Å². The monoisotopic (exact) mass is 209 g/mol. The Kier molecular flexibility index (Phi) is 12.1. The first kappa shape index (κ1) is 12.4. The van der Waals surface area contributed by atoms with Crippen LogP contribution in [0.1, 0.15) is 0 Å². The molecule has 0 aliphatic rings. The van der Waals surface area contributed by atoms with Crippen molar-refractivity contribution in [3.63, 3.8) is 0 Å². The Balaban J connectivity index is 0. The van der Waals surface area contributed by atoms with Gasteiger partial charge in [-0.15, -0.1) is 0 Å². The molecule has 9 heavy (non-hydrogen) atoms. The van der Waals surface area contributed by atoms with Crippen LogP contribution in [0.2, 0.25) is 0 Å². The smallest absolute Gasteiger partial charge is 0.209 e. The van der Waals surface area contributed by atoms with E-state index in [0.717, 1.165) is 6.41 Å². The van der Waals surface area contributed by atoms with Crippen molar-refractivity contribution in [3.05, 3.63) is 0 Å². The second-order valence-electron chi connectivity index (χ2n) is 1.26. The van der Waals surface area contributed by atoms with Crippen LogP contribution in [0.3, 0.4) is 0 Å². The maximum Gasteiger partial charge on any atom is 0.209 e. The van der Waals surface area contributed by atoms with Gasteiger partial charge in [0, 0.05) is 14.1 Å². The number of hydrogen-bond donors (Lipinski definition) is 0. The lowest BCUT2D eigenvalue weighted by Gasteiger charge is -1.93. The normalized spacial score (nSPS) is 7.78. The van der Waals surface area contributed by atoms with Gasteiger partial charge in [0.05, 0.1) is 0 Å². The third-order valence-corrected chi connectivity index (χ3v) is 0.211. The number of carbonyl (C=O) groups excluding carboxylic acids is 1. The highest BCUT2D eigenvalue weighted by Gasteiger charge is 1.80. The number of hydrogen-bond acceptors (Lipinski definition) is 1. The lowest BCUT2D eigenvalue weighted by atomic mass is 11.0. The van der Waals surface area contributed by atoms with Gasteiger partial charge in [-0.1, -0.05) is 33.7 Å². The third-order valence-electron chi connectivity index (χ3n) is 0.211. The summed E-state index contributed by atoms with van der Waals surface area (Å²) < 4.78 is 0. The maximum atomic E-state index is 9.43. The number of carbonyl (C=O) groups is 1. The van der Waals surface area contributed by atoms with Crippen LogP contribution in [0.25, 0.3) is 0 Å². The highest BCUT2D eigenvalue weighted by atomic mass is 36.0. The van der Waals surface area contributed by atoms with Crippen LogP contribution >= 0.6 is 39.7 Å². The Morgan fingerprint density at radius 3 is 1.44 bits per heavy atom. The summed E-state index contributed by atoms with van der Waals surface area (Å²) in [6.07, 6.45) is 0.750. The molecule has 0 aliphatic carbocycles. The third kappa shape index (κ3) is 52.4. The zero-order chi connectivity index (χ0) is 7.86. The minimum absolute atomic E-state index is 0.750. The van der Waals surface area contributed by atoms with E-state index in [1.807, 2.05) is 0 Å². The molecule has 0 unspecified atom stereocenters. The van der Waals surface area contributed by atoms with Crippen molar-refractivity contribution in [2.24, 2.45) is 0 Å². The molecule has 0 bridgehead atoms. The van der Waals surface area contributed by atoms with Gasteiger partial charge in [-0.2, -0.15) is 0 Å². The van der Waals surface area contributed by atoms with Gasteiger partial charge in [0.2, 0.25) is 6.41 Å². The van der Waals surface area contributed by atoms with E-state index in [1.165, 1.54) is 4.90 Å². The summed E-state index contributed by atoms with van der Waals surface area (Å²) in [5.74, 6) is -1.20. The van der Waals surface area contributed by atoms with Crippen LogP contribution in [0.15, 0.2) is 0 Å². The van der Waals surface area contributed by atoms with Crippen molar-refractivity contribution in [3.8, 4) is 0 Å². The van der Waals surface area contributed by atoms with Crippen molar-refractivity contribution in [1.29, 1.82) is 0 Å². The Labute approximate surface area is 70.2 Å². The highest BCUT2D eigenvalue weighted by Crippen LogP contribution is 2.51. The molecular weight excluding hydrogens is 203 g/mol. The van der Waals surface area contributed by atoms with Crippen LogP contribution in [-0.4, -0.2) is 25.4 Å². The summed E-state index contributed by atoms with van der Waals surface area (Å²) in [5.41, 5.74) is 0. The van der Waals surface area contributed by atoms with Crippen LogP contribution in [0, 0.1) is 0 Å². The molecule has 0 N–H and O–H groups in total. The van der Waals surface area contributed by atoms with Crippen LogP contribution in [0.4, 0.5) is 0 Å². The molecule has 0 radical (unpaired) electrons. The molecule has 0 saturated carbocycles. The van der Waals surface area contributed by atoms with E-state index in [-0.39, 0.29) is 0 Å². The molecule has 56 valence electrons. The fraction of sp³-hybridized carbons (Fsp3) is 0.667. The van der Waals surface area contributed by atoms with E-state index >= 15 is 0 Å². The molecule has 0 aromatic carbocycles. The molecular formula is C3H7Cl3NOP. The topological polar surface area (TPSA) is 20.3 Å². The summed E-state index contributed by atoms with van der Waals surface area (Å²) in [5, 5.41) is 0. The summed E-state index contributed by atoms with van der Waals surface area (Å²) in [4.78, 5) is 10.9. The summed E-state index contributed by atoms with van der Waals surface area (Å²) >= 11 is 14.6. The lowest BCUT2D eigenvalue weighted by molar-refractivity contribution is -0.115. The first-order chi connectivity index (χ1) is 4.00. The van der Waals surface area contributed by atoms with Crippen molar-refractivity contribution < 1.29 is 4.79 Å². The molecule has 0 rings (SSSR count). The van der Waals surface area contributed by atoms with Gasteiger partial charge in [0.1, 0.15) is 0 Å². The molecule has 0 aromatic rings. The van der Waals surface area contributed by atoms with E-state index in [9.17, 15) is 4.79 Å². The first-order valence-electron chi connectivity index (χ1n) is 1.90. The van der Waals surface area contributed by atoms with Gasteiger partial charge in [-0.25, -0.2) is 0 Å². The Hall–Kier alpha value is 0.770. The zero-order valence-corrected chi connectivity index (χ0v) is 8.18. The maximum absolute atomic E-state index is 9.43. The first-order valence-corrected chi connectivity index (χ1v) is 5.95. The predicted molar refractivity (Wildman–Crippen MR) is 44.2 cm³/mol. The van der Waals surface area contributed by atoms with Crippen molar-refractivity contribution in [1.82, 2.24) is 4.90 Å². The van der Waals surface area contributed by atoms with Crippen LogP contribution in [0.5, 0.6) is 0 Å². The van der Waals surface area contributed by atoms with E-state index in [2.05, 4.69) is 0 Å². The molecule has 0 spiro atoms. The Morgan fingerprint density at radius 2 is 1.44 bits per heavy atom. The molecule has 0 fully saturated rings. The van der Waals surface area contributed by atoms with Gasteiger partial charge in [0.15, 0.2) is 5.98 Å². The second-order valence-corrected chi connectivity index (χ2v) is 6.24. The zero-order valence-electron chi connectivity index (χ0n) is 5.01. The lowest BCUT2D eigenvalue weighted by Crippen LogP contribution is -2.06. The molecule has 0 saturated heterocycles. The predicted octanol–water partition coefficient (Wildman–Crippen LogP) is 2.63. The molecule has 1 amide bonds. The van der Waals surface area contributed by atoms with Gasteiger partial charge in [-0.3, -0.25) is 4.79 Å². The van der Waals surface area contributed by atoms with E-state index < -0.39 is 5.98 Å². The SMILES string of the molecule is CN(C)C=O.ClP(Cl)Cl. The van der Waals surface area contributed by atoms with Crippen LogP contribution < -0.4 is 0 Å². The summed E-state index contributed by atoms with van der Waals surface area (Å²) in [7, 11) is 3.38. The standard InChI is InChI=1S/C3H7NO.Cl3P/c1-4(2)3-5;1-4(2)3/h3H,1-2H3;. The molecule has 6 heteroatoms. The number of halogens is 3. The average molecular weight is 210 g/mol. The van der Waals surface area contributed by atoms with Gasteiger partial charge >= 0.3 is 0 Å². The summed E-state index contributed by atoms with van der Waals surface area (Å²) in [6.45, 7) is 0. The van der Waals surface area contributed by atoms with E-state index in [1.54, 1.807) is 14.1 Å². The van der Waals surface area contributed by atoms with Gasteiger partial charge in [-0.05, 0) is 0 Å². The molecule has 0 atom stereocenters. The number of nitrogens with zero attached hydrogens (tertiary/aromatic N) is 1. The molecule has 0 aliphatic heterocycles. The molecule has 2 nitrogen and oxygen atoms in total. The minimum Gasteiger partial charge on any atom is -0.351 e. The Bertz CT molecular complexity index is 67.3. The van der Waals surface area contributed by atoms with Gasteiger partial charge < -0.3 is 4.90 Å². The largest absolute Gasteiger partial charge is 0.351 e. The minimum atomic E-state index is -1.20. The number of rotatable bonds is 1. The Morgan fingerprint density at radius 1 is 1.33 bits per heavy atom. The summed E-state index contributed by atoms with van der Waals surface area (Å²) in [6, 6.07) is 0. The van der Waals surface area contributed by atoms with E-state index in [0.29, 0.717) is 0 Å².